The predicted octanol–water partition coefficient (Wildman–Crippen LogP) is 7.30. The van der Waals surface area contributed by atoms with Crippen LogP contribution in [0.4, 0.5) is 8.78 Å². The van der Waals surface area contributed by atoms with Crippen molar-refractivity contribution in [1.82, 2.24) is 9.55 Å². The molecule has 0 bridgehead atoms. The number of ether oxygens (including phenoxy) is 4. The molecule has 0 radical (unpaired) electrons. The van der Waals surface area contributed by atoms with Crippen LogP contribution in [-0.4, -0.2) is 36.3 Å². The van der Waals surface area contributed by atoms with E-state index in [1.54, 1.807) is 68.6 Å². The summed E-state index contributed by atoms with van der Waals surface area (Å²) < 4.78 is 54.8. The zero-order valence-electron chi connectivity index (χ0n) is 23.6. The van der Waals surface area contributed by atoms with E-state index in [0.717, 1.165) is 5.52 Å². The average molecular weight is 605 g/mol. The summed E-state index contributed by atoms with van der Waals surface area (Å²) in [5.41, 5.74) is 3.59. The minimum atomic E-state index is -1.43. The molecule has 1 atom stereocenters. The van der Waals surface area contributed by atoms with Crippen molar-refractivity contribution < 1.29 is 32.5 Å². The lowest BCUT2D eigenvalue weighted by molar-refractivity contribution is -0.0705. The largest absolute Gasteiger partial charge is 0.465 e. The van der Waals surface area contributed by atoms with Crippen LogP contribution in [0.5, 0.6) is 11.5 Å². The molecule has 0 spiro atoms. The van der Waals surface area contributed by atoms with Gasteiger partial charge < -0.3 is 23.5 Å². The van der Waals surface area contributed by atoms with Crippen LogP contribution in [0.15, 0.2) is 72.8 Å². The first-order valence-electron chi connectivity index (χ1n) is 13.5. The second-order valence-corrected chi connectivity index (χ2v) is 10.7. The molecule has 0 saturated heterocycles. The zero-order chi connectivity index (χ0) is 30.3. The van der Waals surface area contributed by atoms with E-state index < -0.39 is 23.4 Å². The van der Waals surface area contributed by atoms with Crippen LogP contribution in [0.25, 0.3) is 22.2 Å². The Bertz CT molecular complexity index is 1870. The third kappa shape index (κ3) is 5.30. The molecule has 0 saturated carbocycles. The number of halogens is 3. The fourth-order valence-electron chi connectivity index (χ4n) is 5.33. The highest BCUT2D eigenvalue weighted by atomic mass is 35.5. The van der Waals surface area contributed by atoms with Crippen LogP contribution < -0.4 is 9.47 Å². The van der Waals surface area contributed by atoms with Crippen molar-refractivity contribution in [3.8, 4) is 22.6 Å². The number of imidazole rings is 1. The molecule has 4 aromatic carbocycles. The Labute approximate surface area is 251 Å². The topological polar surface area (TPSA) is 71.8 Å². The number of para-hydroxylation sites is 1. The Hall–Kier alpha value is -4.47. The fraction of sp³-hybridized carbons (Fsp3) is 0.212. The summed E-state index contributed by atoms with van der Waals surface area (Å²) in [6.07, 6.45) is 0.207. The van der Waals surface area contributed by atoms with Crippen LogP contribution >= 0.6 is 11.6 Å². The number of carbonyl (C=O) groups excluding carboxylic acids is 1. The summed E-state index contributed by atoms with van der Waals surface area (Å²) in [4.78, 5) is 16.8. The molecule has 10 heteroatoms. The summed E-state index contributed by atoms with van der Waals surface area (Å²) in [5.74, 6) is -1.45. The highest BCUT2D eigenvalue weighted by Gasteiger charge is 2.42. The Kier molecular flexibility index (Phi) is 7.54. The van der Waals surface area contributed by atoms with E-state index in [-0.39, 0.29) is 17.0 Å². The highest BCUT2D eigenvalue weighted by molar-refractivity contribution is 6.30. The molecule has 0 amide bonds. The molecule has 1 aromatic heterocycles. The van der Waals surface area contributed by atoms with Gasteiger partial charge in [0.15, 0.2) is 11.5 Å². The van der Waals surface area contributed by atoms with E-state index >= 15 is 4.39 Å². The van der Waals surface area contributed by atoms with Gasteiger partial charge in [-0.25, -0.2) is 18.6 Å². The van der Waals surface area contributed by atoms with Crippen molar-refractivity contribution in [2.45, 2.75) is 25.7 Å². The van der Waals surface area contributed by atoms with E-state index in [1.165, 1.54) is 25.3 Å². The molecular formula is C33H27ClF2N2O5. The van der Waals surface area contributed by atoms with Crippen LogP contribution in [0.1, 0.15) is 34.2 Å². The average Bonchev–Trinajstić information content (AvgIpc) is 3.52. The van der Waals surface area contributed by atoms with Gasteiger partial charge in [0.2, 0.25) is 0 Å². The van der Waals surface area contributed by atoms with E-state index in [0.29, 0.717) is 58.2 Å². The highest BCUT2D eigenvalue weighted by Crippen LogP contribution is 2.49. The number of fused-ring (bicyclic) bond motifs is 2. The standard InChI is InChI=1S/C33H27ClF2N2O5/c1-33(24-11-10-22(34)18-26(24)36)42-29-6-4-5-23(31(29)43-33)19-7-8-20(25(35)15-19)17-30-37-27-12-9-21(32(39)41-3)16-28(27)38(30)13-14-40-2/h4-12,15-16,18H,13-14,17H2,1-3H3. The smallest absolute Gasteiger partial charge is 0.337 e. The van der Waals surface area contributed by atoms with Gasteiger partial charge in [0.05, 0.1) is 35.9 Å². The Morgan fingerprint density at radius 2 is 1.84 bits per heavy atom. The first-order valence-corrected chi connectivity index (χ1v) is 13.9. The number of aromatic nitrogens is 2. The number of rotatable bonds is 8. The Balaban J connectivity index is 1.32. The van der Waals surface area contributed by atoms with Crippen molar-refractivity contribution >= 4 is 28.6 Å². The van der Waals surface area contributed by atoms with Gasteiger partial charge in [-0.15, -0.1) is 0 Å². The maximum Gasteiger partial charge on any atom is 0.337 e. The van der Waals surface area contributed by atoms with E-state index in [4.69, 9.17) is 35.5 Å². The number of nitrogens with zero attached hydrogens (tertiary/aromatic N) is 2. The summed E-state index contributed by atoms with van der Waals surface area (Å²) >= 11 is 5.93. The molecule has 6 rings (SSSR count). The minimum Gasteiger partial charge on any atom is -0.465 e. The molecule has 1 aliphatic heterocycles. The van der Waals surface area contributed by atoms with Crippen LogP contribution in [0, 0.1) is 11.6 Å². The monoisotopic (exact) mass is 604 g/mol. The second-order valence-electron chi connectivity index (χ2n) is 10.3. The summed E-state index contributed by atoms with van der Waals surface area (Å²) in [6, 6.07) is 19.6. The van der Waals surface area contributed by atoms with Gasteiger partial charge in [0, 0.05) is 37.6 Å². The third-order valence-electron chi connectivity index (χ3n) is 7.48. The first-order chi connectivity index (χ1) is 20.7. The van der Waals surface area contributed by atoms with Crippen molar-refractivity contribution in [3.05, 3.63) is 112 Å². The maximum absolute atomic E-state index is 15.7. The van der Waals surface area contributed by atoms with Crippen LogP contribution in [0.3, 0.4) is 0 Å². The molecule has 0 aliphatic carbocycles. The molecule has 2 heterocycles. The van der Waals surface area contributed by atoms with E-state index in [1.807, 2.05) is 4.57 Å². The molecule has 1 aliphatic rings. The van der Waals surface area contributed by atoms with Gasteiger partial charge in [0.1, 0.15) is 17.5 Å². The lowest BCUT2D eigenvalue weighted by Gasteiger charge is -2.24. The van der Waals surface area contributed by atoms with E-state index in [2.05, 4.69) is 0 Å². The summed E-state index contributed by atoms with van der Waals surface area (Å²) in [7, 11) is 2.92. The first kappa shape index (κ1) is 28.6. The number of benzene rings is 4. The quantitative estimate of drug-likeness (QED) is 0.173. The lowest BCUT2D eigenvalue weighted by atomic mass is 10.0. The number of hydrogen-bond acceptors (Lipinski definition) is 6. The number of methoxy groups -OCH3 is 2. The molecule has 0 fully saturated rings. The van der Waals surface area contributed by atoms with Gasteiger partial charge >= 0.3 is 5.97 Å². The van der Waals surface area contributed by atoms with Crippen molar-refractivity contribution in [3.63, 3.8) is 0 Å². The van der Waals surface area contributed by atoms with E-state index in [9.17, 15) is 9.18 Å². The SMILES string of the molecule is COCCn1c(Cc2ccc(-c3cccc4c3OC(C)(c3ccc(Cl)cc3F)O4)cc2F)nc2ccc(C(=O)OC)cc21. The molecule has 0 N–H and O–H groups in total. The second kappa shape index (κ2) is 11.3. The number of esters is 1. The molecule has 1 unspecified atom stereocenters. The maximum atomic E-state index is 15.7. The number of hydrogen-bond donors (Lipinski definition) is 0. The van der Waals surface area contributed by atoms with Gasteiger partial charge in [-0.05, 0) is 59.7 Å². The van der Waals surface area contributed by atoms with Gasteiger partial charge in [-0.2, -0.15) is 0 Å². The normalized spacial score (nSPS) is 15.7. The lowest BCUT2D eigenvalue weighted by Crippen LogP contribution is -2.32. The van der Waals surface area contributed by atoms with Crippen molar-refractivity contribution in [2.75, 3.05) is 20.8 Å². The van der Waals surface area contributed by atoms with Crippen molar-refractivity contribution in [2.24, 2.45) is 0 Å². The Morgan fingerprint density at radius 3 is 2.58 bits per heavy atom. The number of carbonyl (C=O) groups is 1. The van der Waals surface area contributed by atoms with Gasteiger partial charge in [-0.1, -0.05) is 35.9 Å². The summed E-state index contributed by atoms with van der Waals surface area (Å²) in [5, 5.41) is 0.261. The zero-order valence-corrected chi connectivity index (χ0v) is 24.4. The van der Waals surface area contributed by atoms with Crippen LogP contribution in [-0.2, 0) is 28.2 Å². The van der Waals surface area contributed by atoms with Crippen LogP contribution in [0.2, 0.25) is 5.02 Å². The van der Waals surface area contributed by atoms with Gasteiger partial charge in [-0.3, -0.25) is 0 Å². The Morgan fingerprint density at radius 1 is 1.00 bits per heavy atom. The molecule has 7 nitrogen and oxygen atoms in total. The predicted molar refractivity (Wildman–Crippen MR) is 158 cm³/mol. The third-order valence-corrected chi connectivity index (χ3v) is 7.72. The molecule has 220 valence electrons. The minimum absolute atomic E-state index is 0.190. The molecular weight excluding hydrogens is 578 g/mol. The van der Waals surface area contributed by atoms with Gasteiger partial charge in [0.25, 0.3) is 5.79 Å². The van der Waals surface area contributed by atoms with Crippen molar-refractivity contribution in [1.29, 1.82) is 0 Å². The fourth-order valence-corrected chi connectivity index (χ4v) is 5.49. The summed E-state index contributed by atoms with van der Waals surface area (Å²) in [6.45, 7) is 2.49. The molecule has 43 heavy (non-hydrogen) atoms. The molecule has 5 aromatic rings.